The van der Waals surface area contributed by atoms with Crippen molar-refractivity contribution in [2.75, 3.05) is 19.3 Å². The molecule has 0 spiro atoms. The van der Waals surface area contributed by atoms with Gasteiger partial charge in [-0.05, 0) is 38.5 Å². The fourth-order valence-corrected chi connectivity index (χ4v) is 3.49. The largest absolute Gasteiger partial charge is 0.393 e. The molecule has 0 saturated heterocycles. The molecular weight excluding hydrogens is 274 g/mol. The standard InChI is InChI=1S/C14H25N3O2S/c1-4-20-10(2)14-15-13(19-16-14)9-17(3)8-11-6-5-7-12(11)18/h10-12,18H,4-9H2,1-3H3. The third-order valence-corrected chi connectivity index (χ3v) is 4.88. The van der Waals surface area contributed by atoms with Crippen molar-refractivity contribution >= 4 is 11.8 Å². The molecule has 114 valence electrons. The van der Waals surface area contributed by atoms with Crippen LogP contribution in [0.4, 0.5) is 0 Å². The summed E-state index contributed by atoms with van der Waals surface area (Å²) in [6.45, 7) is 5.77. The molecule has 1 heterocycles. The fraction of sp³-hybridized carbons (Fsp3) is 0.857. The van der Waals surface area contributed by atoms with Crippen molar-refractivity contribution in [3.05, 3.63) is 11.7 Å². The zero-order valence-corrected chi connectivity index (χ0v) is 13.4. The summed E-state index contributed by atoms with van der Waals surface area (Å²) in [5, 5.41) is 14.2. The maximum Gasteiger partial charge on any atom is 0.240 e. The lowest BCUT2D eigenvalue weighted by molar-refractivity contribution is 0.104. The van der Waals surface area contributed by atoms with Crippen LogP contribution in [-0.4, -0.2) is 45.6 Å². The van der Waals surface area contributed by atoms with Gasteiger partial charge in [0.05, 0.1) is 17.9 Å². The average molecular weight is 299 g/mol. The first-order valence-corrected chi connectivity index (χ1v) is 8.45. The number of aliphatic hydroxyl groups excluding tert-OH is 1. The van der Waals surface area contributed by atoms with Crippen molar-refractivity contribution in [3.63, 3.8) is 0 Å². The number of thioether (sulfide) groups is 1. The van der Waals surface area contributed by atoms with Gasteiger partial charge in [0.2, 0.25) is 5.89 Å². The van der Waals surface area contributed by atoms with Crippen molar-refractivity contribution in [2.24, 2.45) is 5.92 Å². The van der Waals surface area contributed by atoms with Crippen molar-refractivity contribution < 1.29 is 9.63 Å². The Labute approximate surface area is 125 Å². The van der Waals surface area contributed by atoms with Gasteiger partial charge < -0.3 is 9.63 Å². The van der Waals surface area contributed by atoms with Crippen LogP contribution in [0.25, 0.3) is 0 Å². The molecule has 2 rings (SSSR count). The van der Waals surface area contributed by atoms with Crippen LogP contribution in [0.2, 0.25) is 0 Å². The summed E-state index contributed by atoms with van der Waals surface area (Å²) in [6, 6.07) is 0. The van der Waals surface area contributed by atoms with E-state index in [-0.39, 0.29) is 11.4 Å². The van der Waals surface area contributed by atoms with Gasteiger partial charge in [0.1, 0.15) is 0 Å². The minimum absolute atomic E-state index is 0.142. The van der Waals surface area contributed by atoms with Crippen LogP contribution in [0.5, 0.6) is 0 Å². The Morgan fingerprint density at radius 3 is 2.95 bits per heavy atom. The van der Waals surface area contributed by atoms with E-state index >= 15 is 0 Å². The minimum atomic E-state index is -0.142. The van der Waals surface area contributed by atoms with Crippen LogP contribution in [0.1, 0.15) is 50.1 Å². The fourth-order valence-electron chi connectivity index (χ4n) is 2.75. The Morgan fingerprint density at radius 1 is 1.50 bits per heavy atom. The summed E-state index contributed by atoms with van der Waals surface area (Å²) in [6.07, 6.45) is 3.05. The normalized spacial score (nSPS) is 24.4. The lowest BCUT2D eigenvalue weighted by Crippen LogP contribution is -2.29. The Kier molecular flexibility index (Phi) is 5.86. The molecule has 3 atom stereocenters. The first kappa shape index (κ1) is 15.8. The molecule has 1 saturated carbocycles. The third kappa shape index (κ3) is 4.20. The molecule has 0 radical (unpaired) electrons. The number of rotatable bonds is 7. The lowest BCUT2D eigenvalue weighted by Gasteiger charge is -2.21. The first-order valence-electron chi connectivity index (χ1n) is 7.40. The molecule has 1 aliphatic rings. The number of hydrogen-bond acceptors (Lipinski definition) is 6. The van der Waals surface area contributed by atoms with E-state index in [0.717, 1.165) is 37.4 Å². The van der Waals surface area contributed by atoms with E-state index in [1.54, 1.807) is 0 Å². The summed E-state index contributed by atoms with van der Waals surface area (Å²) >= 11 is 1.81. The Bertz CT molecular complexity index is 413. The molecule has 1 aliphatic carbocycles. The van der Waals surface area contributed by atoms with Crippen molar-refractivity contribution in [1.29, 1.82) is 0 Å². The molecular formula is C14H25N3O2S. The van der Waals surface area contributed by atoms with Gasteiger partial charge in [0.25, 0.3) is 0 Å². The van der Waals surface area contributed by atoms with E-state index in [4.69, 9.17) is 4.52 Å². The molecule has 20 heavy (non-hydrogen) atoms. The van der Waals surface area contributed by atoms with E-state index in [0.29, 0.717) is 18.4 Å². The summed E-state index contributed by atoms with van der Waals surface area (Å²) < 4.78 is 5.32. The predicted molar refractivity (Wildman–Crippen MR) is 80.5 cm³/mol. The number of aromatic nitrogens is 2. The molecule has 1 fully saturated rings. The smallest absolute Gasteiger partial charge is 0.240 e. The van der Waals surface area contributed by atoms with Gasteiger partial charge in [-0.1, -0.05) is 18.5 Å². The van der Waals surface area contributed by atoms with Gasteiger partial charge in [0, 0.05) is 6.54 Å². The Balaban J connectivity index is 1.83. The van der Waals surface area contributed by atoms with E-state index in [1.165, 1.54) is 0 Å². The summed E-state index contributed by atoms with van der Waals surface area (Å²) in [5.41, 5.74) is 0. The maximum atomic E-state index is 9.86. The molecule has 3 unspecified atom stereocenters. The van der Waals surface area contributed by atoms with Gasteiger partial charge in [-0.3, -0.25) is 4.90 Å². The van der Waals surface area contributed by atoms with Gasteiger partial charge in [-0.15, -0.1) is 0 Å². The van der Waals surface area contributed by atoms with Crippen LogP contribution >= 0.6 is 11.8 Å². The van der Waals surface area contributed by atoms with Gasteiger partial charge in [0.15, 0.2) is 5.82 Å². The van der Waals surface area contributed by atoms with Gasteiger partial charge in [-0.25, -0.2) is 0 Å². The number of hydrogen-bond donors (Lipinski definition) is 1. The average Bonchev–Trinajstić information content (AvgIpc) is 3.00. The second-order valence-electron chi connectivity index (χ2n) is 5.60. The highest BCUT2D eigenvalue weighted by Crippen LogP contribution is 2.27. The molecule has 1 N–H and O–H groups in total. The molecule has 5 nitrogen and oxygen atoms in total. The van der Waals surface area contributed by atoms with Crippen LogP contribution < -0.4 is 0 Å². The Morgan fingerprint density at radius 2 is 2.30 bits per heavy atom. The van der Waals surface area contributed by atoms with E-state index < -0.39 is 0 Å². The monoisotopic (exact) mass is 299 g/mol. The third-order valence-electron chi connectivity index (χ3n) is 3.83. The number of nitrogens with zero attached hydrogens (tertiary/aromatic N) is 3. The van der Waals surface area contributed by atoms with E-state index in [1.807, 2.05) is 18.8 Å². The first-order chi connectivity index (χ1) is 9.60. The summed E-state index contributed by atoms with van der Waals surface area (Å²) in [5.74, 6) is 2.88. The molecule has 0 bridgehead atoms. The van der Waals surface area contributed by atoms with Crippen molar-refractivity contribution in [2.45, 2.75) is 51.0 Å². The van der Waals surface area contributed by atoms with E-state index in [2.05, 4.69) is 28.9 Å². The predicted octanol–water partition coefficient (Wildman–Crippen LogP) is 2.48. The molecule has 1 aromatic rings. The van der Waals surface area contributed by atoms with Crippen LogP contribution in [0.15, 0.2) is 4.52 Å². The van der Waals surface area contributed by atoms with Crippen LogP contribution in [0, 0.1) is 5.92 Å². The lowest BCUT2D eigenvalue weighted by atomic mass is 10.1. The Hall–Kier alpha value is -0.590. The highest BCUT2D eigenvalue weighted by molar-refractivity contribution is 7.99. The van der Waals surface area contributed by atoms with Gasteiger partial charge >= 0.3 is 0 Å². The molecule has 1 aromatic heterocycles. The summed E-state index contributed by atoms with van der Waals surface area (Å²) in [4.78, 5) is 6.62. The van der Waals surface area contributed by atoms with Crippen LogP contribution in [0.3, 0.4) is 0 Å². The second-order valence-corrected chi connectivity index (χ2v) is 7.22. The molecule has 0 aromatic carbocycles. The van der Waals surface area contributed by atoms with Gasteiger partial charge in [-0.2, -0.15) is 16.7 Å². The molecule has 6 heteroatoms. The minimum Gasteiger partial charge on any atom is -0.393 e. The zero-order valence-electron chi connectivity index (χ0n) is 12.6. The summed E-state index contributed by atoms with van der Waals surface area (Å²) in [7, 11) is 2.04. The molecule has 0 aliphatic heterocycles. The van der Waals surface area contributed by atoms with Crippen molar-refractivity contribution in [3.8, 4) is 0 Å². The quantitative estimate of drug-likeness (QED) is 0.834. The van der Waals surface area contributed by atoms with E-state index in [9.17, 15) is 5.11 Å². The topological polar surface area (TPSA) is 62.4 Å². The molecule has 0 amide bonds. The highest BCUT2D eigenvalue weighted by Gasteiger charge is 2.26. The second kappa shape index (κ2) is 7.43. The SMILES string of the molecule is CCSC(C)c1noc(CN(C)CC2CCCC2O)n1. The van der Waals surface area contributed by atoms with Crippen LogP contribution in [-0.2, 0) is 6.54 Å². The van der Waals surface area contributed by atoms with Crippen molar-refractivity contribution in [1.82, 2.24) is 15.0 Å². The zero-order chi connectivity index (χ0) is 14.5. The maximum absolute atomic E-state index is 9.86. The number of aliphatic hydroxyl groups is 1. The highest BCUT2D eigenvalue weighted by atomic mass is 32.2.